The molecule has 3 heteroatoms. The monoisotopic (exact) mass is 277 g/mol. The van der Waals surface area contributed by atoms with Crippen LogP contribution in [0.2, 0.25) is 0 Å². The summed E-state index contributed by atoms with van der Waals surface area (Å²) in [6.07, 6.45) is 0. The highest BCUT2D eigenvalue weighted by Crippen LogP contribution is 2.28. The molecule has 82 valence electrons. The average molecular weight is 278 g/mol. The highest BCUT2D eigenvalue weighted by molar-refractivity contribution is 9.10. The van der Waals surface area contributed by atoms with Crippen LogP contribution in [0.15, 0.2) is 46.9 Å². The number of hydrogen-bond donors (Lipinski definition) is 1. The summed E-state index contributed by atoms with van der Waals surface area (Å²) >= 11 is 3.37. The number of ether oxygens (including phenoxy) is 1. The van der Waals surface area contributed by atoms with Gasteiger partial charge in [0.1, 0.15) is 11.5 Å². The molecule has 2 N–H and O–H groups in total. The summed E-state index contributed by atoms with van der Waals surface area (Å²) in [5.41, 5.74) is 7.65. The van der Waals surface area contributed by atoms with Crippen LogP contribution in [0.5, 0.6) is 11.5 Å². The van der Waals surface area contributed by atoms with E-state index in [1.807, 2.05) is 49.4 Å². The van der Waals surface area contributed by atoms with E-state index in [0.717, 1.165) is 15.8 Å². The summed E-state index contributed by atoms with van der Waals surface area (Å²) < 4.78 is 6.70. The van der Waals surface area contributed by atoms with Crippen molar-refractivity contribution in [1.82, 2.24) is 0 Å². The Bertz CT molecular complexity index is 494. The first-order chi connectivity index (χ1) is 7.65. The molecule has 2 rings (SSSR count). The average Bonchev–Trinajstić information content (AvgIpc) is 2.25. The van der Waals surface area contributed by atoms with E-state index in [9.17, 15) is 0 Å². The van der Waals surface area contributed by atoms with Gasteiger partial charge in [-0.3, -0.25) is 0 Å². The fourth-order valence-corrected chi connectivity index (χ4v) is 1.65. The van der Waals surface area contributed by atoms with Crippen LogP contribution in [0.3, 0.4) is 0 Å². The smallest absolute Gasteiger partial charge is 0.150 e. The topological polar surface area (TPSA) is 35.2 Å². The van der Waals surface area contributed by atoms with E-state index in [0.29, 0.717) is 11.4 Å². The number of halogens is 1. The lowest BCUT2D eigenvalue weighted by Crippen LogP contribution is -1.92. The summed E-state index contributed by atoms with van der Waals surface area (Å²) in [5, 5.41) is 0. The lowest BCUT2D eigenvalue weighted by Gasteiger charge is -2.08. The van der Waals surface area contributed by atoms with Crippen LogP contribution in [-0.4, -0.2) is 0 Å². The summed E-state index contributed by atoms with van der Waals surface area (Å²) in [4.78, 5) is 0. The van der Waals surface area contributed by atoms with E-state index < -0.39 is 0 Å². The zero-order chi connectivity index (χ0) is 11.5. The molecule has 2 aromatic rings. The first-order valence-corrected chi connectivity index (χ1v) is 5.74. The van der Waals surface area contributed by atoms with Crippen LogP contribution in [0.25, 0.3) is 0 Å². The second-order valence-corrected chi connectivity index (χ2v) is 4.51. The van der Waals surface area contributed by atoms with Gasteiger partial charge in [-0.2, -0.15) is 0 Å². The van der Waals surface area contributed by atoms with Crippen molar-refractivity contribution >= 4 is 21.6 Å². The van der Waals surface area contributed by atoms with Gasteiger partial charge < -0.3 is 10.5 Å². The van der Waals surface area contributed by atoms with E-state index >= 15 is 0 Å². The van der Waals surface area contributed by atoms with Gasteiger partial charge in [0.25, 0.3) is 0 Å². The van der Waals surface area contributed by atoms with Crippen molar-refractivity contribution in [1.29, 1.82) is 0 Å². The molecule has 0 amide bonds. The lowest BCUT2D eigenvalue weighted by atomic mass is 10.2. The van der Waals surface area contributed by atoms with Crippen molar-refractivity contribution in [2.24, 2.45) is 0 Å². The summed E-state index contributed by atoms with van der Waals surface area (Å²) in [6, 6.07) is 13.4. The van der Waals surface area contributed by atoms with Gasteiger partial charge in [-0.25, -0.2) is 0 Å². The predicted molar refractivity (Wildman–Crippen MR) is 69.8 cm³/mol. The molecular formula is C13H12BrNO. The minimum atomic E-state index is 0.655. The molecule has 0 aliphatic rings. The maximum atomic E-state index is 5.86. The van der Waals surface area contributed by atoms with Gasteiger partial charge in [0.05, 0.1) is 5.69 Å². The standard InChI is InChI=1S/C13H12BrNO/c1-9-2-7-13(12(15)8-9)16-11-5-3-10(14)4-6-11/h2-8H,15H2,1H3. The van der Waals surface area contributed by atoms with Crippen LogP contribution < -0.4 is 10.5 Å². The van der Waals surface area contributed by atoms with E-state index in [-0.39, 0.29) is 0 Å². The molecule has 0 saturated carbocycles. The number of nitrogens with two attached hydrogens (primary N) is 1. The molecule has 0 fully saturated rings. The van der Waals surface area contributed by atoms with Crippen LogP contribution in [0.4, 0.5) is 5.69 Å². The molecular weight excluding hydrogens is 266 g/mol. The molecule has 0 radical (unpaired) electrons. The molecule has 0 spiro atoms. The Balaban J connectivity index is 2.23. The maximum Gasteiger partial charge on any atom is 0.150 e. The van der Waals surface area contributed by atoms with Gasteiger partial charge in [0.15, 0.2) is 0 Å². The molecule has 0 unspecified atom stereocenters. The van der Waals surface area contributed by atoms with Gasteiger partial charge >= 0.3 is 0 Å². The zero-order valence-electron chi connectivity index (χ0n) is 8.91. The second-order valence-electron chi connectivity index (χ2n) is 3.60. The van der Waals surface area contributed by atoms with Crippen molar-refractivity contribution in [3.8, 4) is 11.5 Å². The van der Waals surface area contributed by atoms with Crippen molar-refractivity contribution in [2.75, 3.05) is 5.73 Å². The Morgan fingerprint density at radius 1 is 1.06 bits per heavy atom. The molecule has 0 aromatic heterocycles. The van der Waals surface area contributed by atoms with Gasteiger partial charge in [-0.1, -0.05) is 22.0 Å². The first-order valence-electron chi connectivity index (χ1n) is 4.95. The minimum absolute atomic E-state index is 0.655. The third-order valence-corrected chi connectivity index (χ3v) is 2.74. The van der Waals surface area contributed by atoms with Crippen LogP contribution in [0.1, 0.15) is 5.56 Å². The van der Waals surface area contributed by atoms with E-state index in [2.05, 4.69) is 15.9 Å². The van der Waals surface area contributed by atoms with E-state index in [1.54, 1.807) is 0 Å². The number of benzene rings is 2. The SMILES string of the molecule is Cc1ccc(Oc2ccc(Br)cc2)c(N)c1. The van der Waals surface area contributed by atoms with Gasteiger partial charge in [0, 0.05) is 4.47 Å². The Labute approximate surface area is 103 Å². The Morgan fingerprint density at radius 3 is 2.38 bits per heavy atom. The van der Waals surface area contributed by atoms with Gasteiger partial charge in [-0.05, 0) is 48.9 Å². The molecule has 0 aliphatic carbocycles. The van der Waals surface area contributed by atoms with Crippen LogP contribution >= 0.6 is 15.9 Å². The van der Waals surface area contributed by atoms with Crippen molar-refractivity contribution < 1.29 is 4.74 Å². The van der Waals surface area contributed by atoms with Crippen LogP contribution in [0, 0.1) is 6.92 Å². The summed E-state index contributed by atoms with van der Waals surface area (Å²) in [5.74, 6) is 1.46. The predicted octanol–water partition coefficient (Wildman–Crippen LogP) is 4.13. The van der Waals surface area contributed by atoms with Gasteiger partial charge in [-0.15, -0.1) is 0 Å². The number of rotatable bonds is 2. The Morgan fingerprint density at radius 2 is 1.75 bits per heavy atom. The number of anilines is 1. The largest absolute Gasteiger partial charge is 0.455 e. The Hall–Kier alpha value is -1.48. The highest BCUT2D eigenvalue weighted by atomic mass is 79.9. The third kappa shape index (κ3) is 2.55. The molecule has 0 atom stereocenters. The van der Waals surface area contributed by atoms with Crippen molar-refractivity contribution in [2.45, 2.75) is 6.92 Å². The number of nitrogen functional groups attached to an aromatic ring is 1. The fraction of sp³-hybridized carbons (Fsp3) is 0.0769. The fourth-order valence-electron chi connectivity index (χ4n) is 1.39. The maximum absolute atomic E-state index is 5.86. The molecule has 16 heavy (non-hydrogen) atoms. The lowest BCUT2D eigenvalue weighted by molar-refractivity contribution is 0.485. The number of hydrogen-bond acceptors (Lipinski definition) is 2. The molecule has 2 aromatic carbocycles. The molecule has 0 saturated heterocycles. The number of aryl methyl sites for hydroxylation is 1. The summed E-state index contributed by atoms with van der Waals surface area (Å²) in [6.45, 7) is 2.00. The molecule has 0 aliphatic heterocycles. The third-order valence-electron chi connectivity index (χ3n) is 2.21. The van der Waals surface area contributed by atoms with Gasteiger partial charge in [0.2, 0.25) is 0 Å². The molecule has 0 bridgehead atoms. The van der Waals surface area contributed by atoms with Crippen molar-refractivity contribution in [3.05, 3.63) is 52.5 Å². The molecule has 2 nitrogen and oxygen atoms in total. The van der Waals surface area contributed by atoms with E-state index in [4.69, 9.17) is 10.5 Å². The van der Waals surface area contributed by atoms with E-state index in [1.165, 1.54) is 0 Å². The summed E-state index contributed by atoms with van der Waals surface area (Å²) in [7, 11) is 0. The quantitative estimate of drug-likeness (QED) is 0.838. The highest BCUT2D eigenvalue weighted by Gasteiger charge is 2.01. The van der Waals surface area contributed by atoms with Crippen molar-refractivity contribution in [3.63, 3.8) is 0 Å². The molecule has 0 heterocycles. The normalized spacial score (nSPS) is 10.1. The second kappa shape index (κ2) is 4.58. The van der Waals surface area contributed by atoms with Crippen LogP contribution in [-0.2, 0) is 0 Å². The Kier molecular flexibility index (Phi) is 3.15. The first kappa shape index (κ1) is 11.0. The zero-order valence-corrected chi connectivity index (χ0v) is 10.5. The minimum Gasteiger partial charge on any atom is -0.455 e.